The molecule has 0 aliphatic heterocycles. The van der Waals surface area contributed by atoms with Gasteiger partial charge in [0.05, 0.1) is 0 Å². The van der Waals surface area contributed by atoms with Gasteiger partial charge in [0, 0.05) is 16.3 Å². The second kappa shape index (κ2) is 4.01. The summed E-state index contributed by atoms with van der Waals surface area (Å²) in [5.41, 5.74) is 6.81. The summed E-state index contributed by atoms with van der Waals surface area (Å²) in [4.78, 5) is 0. The van der Waals surface area contributed by atoms with Crippen molar-refractivity contribution in [1.82, 2.24) is 0 Å². The van der Waals surface area contributed by atoms with Crippen molar-refractivity contribution in [2.45, 2.75) is 0 Å². The van der Waals surface area contributed by atoms with E-state index in [-0.39, 0.29) is 6.61 Å². The first-order chi connectivity index (χ1) is 5.74. The van der Waals surface area contributed by atoms with Gasteiger partial charge in [-0.05, 0) is 18.2 Å². The third-order valence-corrected chi connectivity index (χ3v) is 1.55. The lowest BCUT2D eigenvalue weighted by Crippen LogP contribution is -1.89. The number of halogens is 1. The smallest absolute Gasteiger partial charge is 0.104 e. The number of hydrogen-bond donors (Lipinski definition) is 2. The summed E-state index contributed by atoms with van der Waals surface area (Å²) in [6, 6.07) is 5.05. The van der Waals surface area contributed by atoms with Gasteiger partial charge in [-0.15, -0.1) is 0 Å². The van der Waals surface area contributed by atoms with Crippen molar-refractivity contribution in [2.24, 2.45) is 0 Å². The predicted octanol–water partition coefficient (Wildman–Crippen LogP) is 1.27. The lowest BCUT2D eigenvalue weighted by molar-refractivity contribution is 0.350. The molecule has 0 aliphatic rings. The van der Waals surface area contributed by atoms with Gasteiger partial charge in [0.1, 0.15) is 6.61 Å². The van der Waals surface area contributed by atoms with Gasteiger partial charge in [0.25, 0.3) is 0 Å². The predicted molar refractivity (Wildman–Crippen MR) is 49.8 cm³/mol. The SMILES string of the molecule is Nc1ccc(Cl)cc1C#CCO. The molecule has 1 aromatic carbocycles. The van der Waals surface area contributed by atoms with Crippen LogP contribution in [0.1, 0.15) is 5.56 Å². The molecular formula is C9H8ClNO. The van der Waals surface area contributed by atoms with Crippen molar-refractivity contribution in [3.63, 3.8) is 0 Å². The zero-order valence-electron chi connectivity index (χ0n) is 6.34. The Hall–Kier alpha value is -1.17. The average molecular weight is 182 g/mol. The molecule has 0 spiro atoms. The van der Waals surface area contributed by atoms with Gasteiger partial charge in [-0.3, -0.25) is 0 Å². The maximum absolute atomic E-state index is 8.44. The molecule has 0 saturated heterocycles. The topological polar surface area (TPSA) is 46.2 Å². The third-order valence-electron chi connectivity index (χ3n) is 1.32. The van der Waals surface area contributed by atoms with E-state index in [1.54, 1.807) is 18.2 Å². The molecule has 0 fully saturated rings. The summed E-state index contributed by atoms with van der Waals surface area (Å²) in [6.45, 7) is -0.175. The molecule has 0 heterocycles. The minimum Gasteiger partial charge on any atom is -0.398 e. The Balaban J connectivity index is 3.05. The lowest BCUT2D eigenvalue weighted by Gasteiger charge is -1.97. The Labute approximate surface area is 76.0 Å². The van der Waals surface area contributed by atoms with E-state index in [1.807, 2.05) is 0 Å². The van der Waals surface area contributed by atoms with Crippen LogP contribution in [-0.2, 0) is 0 Å². The van der Waals surface area contributed by atoms with E-state index in [9.17, 15) is 0 Å². The number of aliphatic hydroxyl groups excluding tert-OH is 1. The van der Waals surface area contributed by atoms with Crippen molar-refractivity contribution in [3.05, 3.63) is 28.8 Å². The van der Waals surface area contributed by atoms with Crippen LogP contribution in [0.4, 0.5) is 5.69 Å². The monoisotopic (exact) mass is 181 g/mol. The second-order valence-electron chi connectivity index (χ2n) is 2.19. The number of anilines is 1. The van der Waals surface area contributed by atoms with Crippen LogP contribution in [0.3, 0.4) is 0 Å². The van der Waals surface area contributed by atoms with Crippen molar-refractivity contribution >= 4 is 17.3 Å². The van der Waals surface area contributed by atoms with Crippen LogP contribution in [0.15, 0.2) is 18.2 Å². The molecular weight excluding hydrogens is 174 g/mol. The van der Waals surface area contributed by atoms with E-state index < -0.39 is 0 Å². The van der Waals surface area contributed by atoms with Crippen molar-refractivity contribution in [3.8, 4) is 11.8 Å². The standard InChI is InChI=1S/C9H8ClNO/c10-8-3-4-9(11)7(6-8)2-1-5-12/h3-4,6,12H,5,11H2. The van der Waals surface area contributed by atoms with Crippen molar-refractivity contribution in [2.75, 3.05) is 12.3 Å². The highest BCUT2D eigenvalue weighted by atomic mass is 35.5. The van der Waals surface area contributed by atoms with Gasteiger partial charge < -0.3 is 10.8 Å². The van der Waals surface area contributed by atoms with Gasteiger partial charge >= 0.3 is 0 Å². The Morgan fingerprint density at radius 2 is 2.25 bits per heavy atom. The zero-order chi connectivity index (χ0) is 8.97. The Bertz CT molecular complexity index is 338. The second-order valence-corrected chi connectivity index (χ2v) is 2.63. The fourth-order valence-electron chi connectivity index (χ4n) is 0.772. The van der Waals surface area contributed by atoms with E-state index in [2.05, 4.69) is 11.8 Å². The molecule has 2 nitrogen and oxygen atoms in total. The van der Waals surface area contributed by atoms with Crippen LogP contribution in [0.2, 0.25) is 5.02 Å². The van der Waals surface area contributed by atoms with Crippen LogP contribution in [0.5, 0.6) is 0 Å². The molecule has 0 bridgehead atoms. The van der Waals surface area contributed by atoms with Gasteiger partial charge in [-0.1, -0.05) is 23.4 Å². The normalized spacial score (nSPS) is 8.83. The number of rotatable bonds is 0. The Kier molecular flexibility index (Phi) is 2.98. The number of aliphatic hydroxyl groups is 1. The molecule has 3 heteroatoms. The first-order valence-corrected chi connectivity index (χ1v) is 3.76. The molecule has 0 atom stereocenters. The molecule has 0 aliphatic carbocycles. The Morgan fingerprint density at radius 3 is 2.92 bits per heavy atom. The molecule has 12 heavy (non-hydrogen) atoms. The number of nitrogen functional groups attached to an aromatic ring is 1. The molecule has 1 rings (SSSR count). The number of benzene rings is 1. The first-order valence-electron chi connectivity index (χ1n) is 3.39. The van der Waals surface area contributed by atoms with Gasteiger partial charge in [0.2, 0.25) is 0 Å². The van der Waals surface area contributed by atoms with Gasteiger partial charge in [-0.2, -0.15) is 0 Å². The minimum absolute atomic E-state index is 0.175. The molecule has 0 amide bonds. The molecule has 3 N–H and O–H groups in total. The van der Waals surface area contributed by atoms with E-state index in [1.165, 1.54) is 0 Å². The molecule has 0 radical (unpaired) electrons. The summed E-state index contributed by atoms with van der Waals surface area (Å²) in [7, 11) is 0. The quantitative estimate of drug-likeness (QED) is 0.468. The lowest BCUT2D eigenvalue weighted by atomic mass is 10.2. The van der Waals surface area contributed by atoms with Crippen LogP contribution in [0, 0.1) is 11.8 Å². The molecule has 0 unspecified atom stereocenters. The average Bonchev–Trinajstić information content (AvgIpc) is 2.07. The van der Waals surface area contributed by atoms with Gasteiger partial charge in [-0.25, -0.2) is 0 Å². The maximum atomic E-state index is 8.44. The highest BCUT2D eigenvalue weighted by Gasteiger charge is 1.95. The Morgan fingerprint density at radius 1 is 1.50 bits per heavy atom. The van der Waals surface area contributed by atoms with Crippen molar-refractivity contribution < 1.29 is 5.11 Å². The van der Waals surface area contributed by atoms with Crippen LogP contribution >= 0.6 is 11.6 Å². The summed E-state index contributed by atoms with van der Waals surface area (Å²) >= 11 is 5.71. The summed E-state index contributed by atoms with van der Waals surface area (Å²) in [6.07, 6.45) is 0. The number of hydrogen-bond acceptors (Lipinski definition) is 2. The van der Waals surface area contributed by atoms with Crippen LogP contribution in [-0.4, -0.2) is 11.7 Å². The summed E-state index contributed by atoms with van der Waals surface area (Å²) < 4.78 is 0. The largest absolute Gasteiger partial charge is 0.398 e. The van der Waals surface area contributed by atoms with E-state index in [0.717, 1.165) is 0 Å². The number of nitrogens with two attached hydrogens (primary N) is 1. The fourth-order valence-corrected chi connectivity index (χ4v) is 0.944. The molecule has 0 saturated carbocycles. The van der Waals surface area contributed by atoms with E-state index in [0.29, 0.717) is 16.3 Å². The first kappa shape index (κ1) is 8.92. The molecule has 62 valence electrons. The third kappa shape index (κ3) is 2.16. The minimum atomic E-state index is -0.175. The maximum Gasteiger partial charge on any atom is 0.104 e. The van der Waals surface area contributed by atoms with E-state index in [4.69, 9.17) is 22.4 Å². The fraction of sp³-hybridized carbons (Fsp3) is 0.111. The molecule has 0 aromatic heterocycles. The zero-order valence-corrected chi connectivity index (χ0v) is 7.10. The highest BCUT2D eigenvalue weighted by Crippen LogP contribution is 2.16. The summed E-state index contributed by atoms with van der Waals surface area (Å²) in [5.74, 6) is 5.19. The van der Waals surface area contributed by atoms with E-state index >= 15 is 0 Å². The van der Waals surface area contributed by atoms with Crippen LogP contribution < -0.4 is 5.73 Å². The summed E-state index contributed by atoms with van der Waals surface area (Å²) in [5, 5.41) is 9.03. The molecule has 1 aromatic rings. The highest BCUT2D eigenvalue weighted by molar-refractivity contribution is 6.30. The van der Waals surface area contributed by atoms with Gasteiger partial charge in [0.15, 0.2) is 0 Å². The van der Waals surface area contributed by atoms with Crippen LogP contribution in [0.25, 0.3) is 0 Å². The van der Waals surface area contributed by atoms with Crippen molar-refractivity contribution in [1.29, 1.82) is 0 Å².